The van der Waals surface area contributed by atoms with Gasteiger partial charge in [0.1, 0.15) is 0 Å². The van der Waals surface area contributed by atoms with Gasteiger partial charge in [-0.25, -0.2) is 0 Å². The Labute approximate surface area is 164 Å². The minimum Gasteiger partial charge on any atom is -0.103 e. The topological polar surface area (TPSA) is 0 Å². The van der Waals surface area contributed by atoms with E-state index in [1.165, 1.54) is 70.6 Å². The lowest BCUT2D eigenvalue weighted by atomic mass is 9.68. The Morgan fingerprint density at radius 1 is 0.615 bits per heavy atom. The van der Waals surface area contributed by atoms with Crippen LogP contribution in [0.25, 0.3) is 0 Å². The molecule has 0 radical (unpaired) electrons. The molecule has 0 nitrogen and oxygen atoms in total. The van der Waals surface area contributed by atoms with Gasteiger partial charge in [0.15, 0.2) is 0 Å². The highest BCUT2D eigenvalue weighted by molar-refractivity contribution is 4.84. The van der Waals surface area contributed by atoms with E-state index in [1.807, 2.05) is 0 Å². The van der Waals surface area contributed by atoms with E-state index in [-0.39, 0.29) is 0 Å². The lowest BCUT2D eigenvalue weighted by molar-refractivity contribution is 0.141. The zero-order valence-corrected chi connectivity index (χ0v) is 17.8. The number of rotatable bonds is 8. The monoisotopic (exact) mass is 358 g/mol. The average Bonchev–Trinajstić information content (AvgIpc) is 2.72. The molecule has 0 N–H and O–H groups in total. The van der Waals surface area contributed by atoms with Crippen molar-refractivity contribution in [2.75, 3.05) is 0 Å². The fraction of sp³-hybridized carbons (Fsp3) is 0.923. The van der Waals surface area contributed by atoms with Gasteiger partial charge in [0.2, 0.25) is 0 Å². The van der Waals surface area contributed by atoms with Crippen LogP contribution in [0.2, 0.25) is 0 Å². The summed E-state index contributed by atoms with van der Waals surface area (Å²) in [6.45, 7) is 6.37. The van der Waals surface area contributed by atoms with Crippen LogP contribution in [0.15, 0.2) is 12.7 Å². The molecule has 150 valence electrons. The number of hydrogen-bond donors (Lipinski definition) is 0. The van der Waals surface area contributed by atoms with Crippen LogP contribution in [0, 0.1) is 35.5 Å². The Morgan fingerprint density at radius 2 is 1.04 bits per heavy atom. The van der Waals surface area contributed by atoms with Crippen molar-refractivity contribution in [3.63, 3.8) is 0 Å². The number of hydrogen-bond acceptors (Lipinski definition) is 0. The van der Waals surface area contributed by atoms with E-state index in [0.717, 1.165) is 35.5 Å². The molecule has 0 unspecified atom stereocenters. The number of unbranched alkanes of at least 4 members (excludes halogenated alkanes) is 1. The maximum atomic E-state index is 3.98. The predicted molar refractivity (Wildman–Crippen MR) is 115 cm³/mol. The molecule has 0 aliphatic heterocycles. The standard InChI is InChI=1S/C26H46/c1-3-21-9-11-23(12-10-21)7-5-6-8-24-15-19-26(20-16-24)25-17-13-22(4-2)14-18-25/h3,21-26H,1,4-20H2,2H3. The van der Waals surface area contributed by atoms with E-state index in [1.54, 1.807) is 38.5 Å². The van der Waals surface area contributed by atoms with E-state index in [9.17, 15) is 0 Å². The fourth-order valence-corrected chi connectivity index (χ4v) is 6.59. The normalized spacial score (nSPS) is 38.8. The highest BCUT2D eigenvalue weighted by Gasteiger charge is 2.30. The second kappa shape index (κ2) is 10.9. The summed E-state index contributed by atoms with van der Waals surface area (Å²) in [4.78, 5) is 0. The molecule has 3 saturated carbocycles. The van der Waals surface area contributed by atoms with Gasteiger partial charge in [-0.15, -0.1) is 6.58 Å². The Kier molecular flexibility index (Phi) is 8.60. The van der Waals surface area contributed by atoms with Gasteiger partial charge in [0, 0.05) is 0 Å². The zero-order valence-electron chi connectivity index (χ0n) is 17.8. The van der Waals surface area contributed by atoms with Crippen LogP contribution >= 0.6 is 0 Å². The molecule has 3 aliphatic rings. The summed E-state index contributed by atoms with van der Waals surface area (Å²) in [7, 11) is 0. The molecule has 0 saturated heterocycles. The van der Waals surface area contributed by atoms with Crippen molar-refractivity contribution >= 4 is 0 Å². The maximum Gasteiger partial charge on any atom is -0.0236 e. The molecule has 0 atom stereocenters. The van der Waals surface area contributed by atoms with Crippen molar-refractivity contribution in [1.29, 1.82) is 0 Å². The molecule has 0 aromatic rings. The molecule has 0 heterocycles. The first-order valence-electron chi connectivity index (χ1n) is 12.4. The molecule has 0 aromatic carbocycles. The van der Waals surface area contributed by atoms with Gasteiger partial charge < -0.3 is 0 Å². The summed E-state index contributed by atoms with van der Waals surface area (Å²) >= 11 is 0. The first kappa shape index (κ1) is 20.5. The SMILES string of the molecule is C=CC1CCC(CCCCC2CCC(C3CCC(CC)CC3)CC2)CC1. The first-order chi connectivity index (χ1) is 12.8. The lowest BCUT2D eigenvalue weighted by Gasteiger charge is -2.37. The summed E-state index contributed by atoms with van der Waals surface area (Å²) in [5, 5.41) is 0. The quantitative estimate of drug-likeness (QED) is 0.301. The van der Waals surface area contributed by atoms with Crippen molar-refractivity contribution in [2.24, 2.45) is 35.5 Å². The molecule has 3 fully saturated rings. The molecule has 0 heteroatoms. The molecular formula is C26H46. The van der Waals surface area contributed by atoms with Gasteiger partial charge in [-0.1, -0.05) is 70.8 Å². The van der Waals surface area contributed by atoms with E-state index in [4.69, 9.17) is 0 Å². The number of allylic oxidation sites excluding steroid dienone is 1. The Hall–Kier alpha value is -0.260. The van der Waals surface area contributed by atoms with Gasteiger partial charge in [-0.2, -0.15) is 0 Å². The Morgan fingerprint density at radius 3 is 1.46 bits per heavy atom. The van der Waals surface area contributed by atoms with Crippen molar-refractivity contribution in [3.8, 4) is 0 Å². The van der Waals surface area contributed by atoms with Crippen LogP contribution in [-0.4, -0.2) is 0 Å². The van der Waals surface area contributed by atoms with Crippen LogP contribution in [0.5, 0.6) is 0 Å². The highest BCUT2D eigenvalue weighted by Crippen LogP contribution is 2.43. The first-order valence-corrected chi connectivity index (χ1v) is 12.4. The highest BCUT2D eigenvalue weighted by atomic mass is 14.4. The van der Waals surface area contributed by atoms with Crippen LogP contribution in [-0.2, 0) is 0 Å². The Balaban J connectivity index is 1.23. The zero-order chi connectivity index (χ0) is 18.2. The largest absolute Gasteiger partial charge is 0.103 e. The second-order valence-corrected chi connectivity index (χ2v) is 10.3. The minimum atomic E-state index is 0.832. The van der Waals surface area contributed by atoms with Crippen molar-refractivity contribution < 1.29 is 0 Å². The summed E-state index contributed by atoms with van der Waals surface area (Å²) < 4.78 is 0. The van der Waals surface area contributed by atoms with Crippen molar-refractivity contribution in [1.82, 2.24) is 0 Å². The van der Waals surface area contributed by atoms with Gasteiger partial charge in [-0.05, 0) is 86.9 Å². The van der Waals surface area contributed by atoms with E-state index in [0.29, 0.717) is 0 Å². The molecule has 26 heavy (non-hydrogen) atoms. The van der Waals surface area contributed by atoms with Crippen molar-refractivity contribution in [2.45, 2.75) is 116 Å². The summed E-state index contributed by atoms with van der Waals surface area (Å²) in [6, 6.07) is 0. The molecule has 0 amide bonds. The molecule has 3 aliphatic carbocycles. The van der Waals surface area contributed by atoms with Crippen LogP contribution < -0.4 is 0 Å². The van der Waals surface area contributed by atoms with Gasteiger partial charge >= 0.3 is 0 Å². The average molecular weight is 359 g/mol. The van der Waals surface area contributed by atoms with Gasteiger partial charge in [0.25, 0.3) is 0 Å². The second-order valence-electron chi connectivity index (χ2n) is 10.3. The molecule has 0 spiro atoms. The lowest BCUT2D eigenvalue weighted by Crippen LogP contribution is -2.25. The third-order valence-corrected chi connectivity index (χ3v) is 8.73. The van der Waals surface area contributed by atoms with Crippen molar-refractivity contribution in [3.05, 3.63) is 12.7 Å². The summed E-state index contributed by atoms with van der Waals surface area (Å²) in [5.41, 5.74) is 0. The van der Waals surface area contributed by atoms with Crippen LogP contribution in [0.4, 0.5) is 0 Å². The molecule has 3 rings (SSSR count). The molecular weight excluding hydrogens is 312 g/mol. The fourth-order valence-electron chi connectivity index (χ4n) is 6.59. The van der Waals surface area contributed by atoms with Crippen LogP contribution in [0.3, 0.4) is 0 Å². The van der Waals surface area contributed by atoms with Crippen LogP contribution in [0.1, 0.15) is 116 Å². The van der Waals surface area contributed by atoms with E-state index >= 15 is 0 Å². The maximum absolute atomic E-state index is 3.98. The predicted octanol–water partition coefficient (Wildman–Crippen LogP) is 8.56. The smallest absolute Gasteiger partial charge is 0.0236 e. The van der Waals surface area contributed by atoms with E-state index < -0.39 is 0 Å². The summed E-state index contributed by atoms with van der Waals surface area (Å²) in [5.74, 6) is 6.22. The summed E-state index contributed by atoms with van der Waals surface area (Å²) in [6.07, 6.45) is 27.9. The minimum absolute atomic E-state index is 0.832. The van der Waals surface area contributed by atoms with Gasteiger partial charge in [0.05, 0.1) is 0 Å². The van der Waals surface area contributed by atoms with E-state index in [2.05, 4.69) is 19.6 Å². The third kappa shape index (κ3) is 6.13. The van der Waals surface area contributed by atoms with Gasteiger partial charge in [-0.3, -0.25) is 0 Å². The molecule has 0 bridgehead atoms. The third-order valence-electron chi connectivity index (χ3n) is 8.73. The Bertz CT molecular complexity index is 373. The molecule has 0 aromatic heterocycles.